The number of fused-ring (bicyclic) bond motifs is 9. The minimum atomic E-state index is -1.45. The summed E-state index contributed by atoms with van der Waals surface area (Å²) in [6.45, 7) is 7.23. The van der Waals surface area contributed by atoms with E-state index in [2.05, 4.69) is 242 Å². The topological polar surface area (TPSA) is 6.48 Å². The minimum absolute atomic E-state index is 1.14. The van der Waals surface area contributed by atoms with Crippen molar-refractivity contribution in [3.8, 4) is 11.1 Å². The molecule has 0 bridgehead atoms. The van der Waals surface area contributed by atoms with Crippen LogP contribution in [-0.2, 0) is 0 Å². The van der Waals surface area contributed by atoms with Crippen molar-refractivity contribution in [3.63, 3.8) is 0 Å². The van der Waals surface area contributed by atoms with Crippen molar-refractivity contribution >= 4 is 111 Å². The molecule has 11 rings (SSSR count). The maximum absolute atomic E-state index is 2.42. The van der Waals surface area contributed by atoms with E-state index in [1.165, 1.54) is 74.5 Å². The molecule has 0 fully saturated rings. The molecule has 0 N–H and O–H groups in total. The van der Waals surface area contributed by atoms with E-state index < -0.39 is 8.07 Å². The molecule has 1 aromatic heterocycles. The van der Waals surface area contributed by atoms with E-state index in [-0.39, 0.29) is 0 Å². The standard InChI is InChI=1S/C57H44N2SSi/c1-61(2,3)45-31-28-43(29-32-45)59(42-21-11-6-12-22-42)54-36-35-46(47-23-13-15-25-49(47)54)39-27-33-52-55(37-39)60-57-51-34-30-44(38-53(51)48-24-14-16-26-50(48)56(52)57)58(40-17-7-4-8-18-40)41-19-9-5-10-20-41/h4-38H,1-3H3. The van der Waals surface area contributed by atoms with Crippen molar-refractivity contribution in [3.05, 3.63) is 212 Å². The minimum Gasteiger partial charge on any atom is -0.310 e. The van der Waals surface area contributed by atoms with Gasteiger partial charge in [0.1, 0.15) is 0 Å². The molecule has 0 saturated carbocycles. The van der Waals surface area contributed by atoms with Gasteiger partial charge in [-0.15, -0.1) is 11.3 Å². The number of hydrogen-bond donors (Lipinski definition) is 0. The van der Waals surface area contributed by atoms with Gasteiger partial charge in [-0.1, -0.05) is 164 Å². The number of anilines is 6. The number of benzene rings is 10. The van der Waals surface area contributed by atoms with Crippen LogP contribution in [-0.4, -0.2) is 8.07 Å². The fraction of sp³-hybridized carbons (Fsp3) is 0.0526. The van der Waals surface area contributed by atoms with Gasteiger partial charge in [0.15, 0.2) is 0 Å². The van der Waals surface area contributed by atoms with Gasteiger partial charge in [-0.25, -0.2) is 0 Å². The molecule has 0 unspecified atom stereocenters. The molecule has 2 nitrogen and oxygen atoms in total. The lowest BCUT2D eigenvalue weighted by Crippen LogP contribution is -2.37. The third-order valence-corrected chi connectivity index (χ3v) is 15.4. The predicted octanol–water partition coefficient (Wildman–Crippen LogP) is 16.7. The molecule has 0 atom stereocenters. The van der Waals surface area contributed by atoms with Crippen LogP contribution in [0.2, 0.25) is 19.6 Å². The van der Waals surface area contributed by atoms with Crippen LogP contribution < -0.4 is 15.0 Å². The Morgan fingerprint density at radius 1 is 0.361 bits per heavy atom. The fourth-order valence-electron chi connectivity index (χ4n) is 9.20. The maximum Gasteiger partial charge on any atom is 0.0775 e. The van der Waals surface area contributed by atoms with E-state index in [9.17, 15) is 0 Å². The van der Waals surface area contributed by atoms with E-state index in [1.54, 1.807) is 0 Å². The highest BCUT2D eigenvalue weighted by Gasteiger charge is 2.22. The average molecular weight is 817 g/mol. The molecule has 0 aliphatic heterocycles. The molecule has 4 heteroatoms. The van der Waals surface area contributed by atoms with Crippen molar-refractivity contribution in [2.24, 2.45) is 0 Å². The van der Waals surface area contributed by atoms with Crippen LogP contribution in [0.25, 0.3) is 63.6 Å². The van der Waals surface area contributed by atoms with Crippen molar-refractivity contribution in [1.82, 2.24) is 0 Å². The van der Waals surface area contributed by atoms with Crippen molar-refractivity contribution in [2.75, 3.05) is 9.80 Å². The molecule has 0 radical (unpaired) electrons. The summed E-state index contributed by atoms with van der Waals surface area (Å²) in [6, 6.07) is 78.1. The second-order valence-corrected chi connectivity index (χ2v) is 23.1. The van der Waals surface area contributed by atoms with E-state index in [4.69, 9.17) is 0 Å². The SMILES string of the molecule is C[Si](C)(C)c1ccc(N(c2ccccc2)c2ccc(-c3ccc4c(c3)sc3c5ccc(N(c6ccccc6)c6ccccc6)cc5c5ccccc5c43)c3ccccc23)cc1. The van der Waals surface area contributed by atoms with Crippen LogP contribution in [0.3, 0.4) is 0 Å². The third kappa shape index (κ3) is 6.47. The van der Waals surface area contributed by atoms with Gasteiger partial charge in [0.2, 0.25) is 0 Å². The first kappa shape index (κ1) is 37.0. The zero-order valence-electron chi connectivity index (χ0n) is 34.5. The molecule has 11 aromatic rings. The average Bonchev–Trinajstić information content (AvgIpc) is 3.70. The number of rotatable bonds is 8. The van der Waals surface area contributed by atoms with Gasteiger partial charge < -0.3 is 9.80 Å². The van der Waals surface area contributed by atoms with Crippen molar-refractivity contribution < 1.29 is 0 Å². The summed E-state index contributed by atoms with van der Waals surface area (Å²) in [7, 11) is -1.45. The Labute approximate surface area is 362 Å². The number of para-hydroxylation sites is 3. The van der Waals surface area contributed by atoms with Crippen molar-refractivity contribution in [1.29, 1.82) is 0 Å². The highest BCUT2D eigenvalue weighted by Crippen LogP contribution is 2.48. The molecular weight excluding hydrogens is 773 g/mol. The Morgan fingerprint density at radius 3 is 1.52 bits per heavy atom. The monoisotopic (exact) mass is 816 g/mol. The molecule has 1 heterocycles. The fourth-order valence-corrected chi connectivity index (χ4v) is 11.7. The van der Waals surface area contributed by atoms with Gasteiger partial charge in [0, 0.05) is 59.4 Å². The smallest absolute Gasteiger partial charge is 0.0775 e. The van der Waals surface area contributed by atoms with E-state index >= 15 is 0 Å². The second kappa shape index (κ2) is 14.9. The van der Waals surface area contributed by atoms with Crippen LogP contribution in [0.1, 0.15) is 0 Å². The summed E-state index contributed by atoms with van der Waals surface area (Å²) in [6.07, 6.45) is 0. The first-order valence-electron chi connectivity index (χ1n) is 21.1. The Hall–Kier alpha value is -6.98. The molecule has 0 aliphatic rings. The molecule has 0 spiro atoms. The largest absolute Gasteiger partial charge is 0.310 e. The summed E-state index contributed by atoms with van der Waals surface area (Å²) < 4.78 is 2.63. The molecule has 0 amide bonds. The highest BCUT2D eigenvalue weighted by atomic mass is 32.1. The van der Waals surface area contributed by atoms with Gasteiger partial charge in [-0.3, -0.25) is 0 Å². The highest BCUT2D eigenvalue weighted by molar-refractivity contribution is 7.27. The van der Waals surface area contributed by atoms with Crippen LogP contribution >= 0.6 is 11.3 Å². The zero-order valence-corrected chi connectivity index (χ0v) is 36.3. The normalized spacial score (nSPS) is 11.9. The van der Waals surface area contributed by atoms with Crippen molar-refractivity contribution in [2.45, 2.75) is 19.6 Å². The molecule has 0 saturated heterocycles. The molecule has 292 valence electrons. The predicted molar refractivity (Wildman–Crippen MR) is 270 cm³/mol. The number of hydrogen-bond acceptors (Lipinski definition) is 3. The summed E-state index contributed by atoms with van der Waals surface area (Å²) >= 11 is 1.91. The van der Waals surface area contributed by atoms with Crippen LogP contribution in [0.5, 0.6) is 0 Å². The Balaban J connectivity index is 1.06. The summed E-state index contributed by atoms with van der Waals surface area (Å²) in [5.74, 6) is 0. The van der Waals surface area contributed by atoms with Crippen LogP contribution in [0, 0.1) is 0 Å². The summed E-state index contributed by atoms with van der Waals surface area (Å²) in [5.41, 5.74) is 9.36. The molecule has 61 heavy (non-hydrogen) atoms. The lowest BCUT2D eigenvalue weighted by Gasteiger charge is -2.28. The quantitative estimate of drug-likeness (QED) is 0.111. The summed E-state index contributed by atoms with van der Waals surface area (Å²) in [4.78, 5) is 4.77. The zero-order chi connectivity index (χ0) is 41.1. The number of nitrogens with zero attached hydrogens (tertiary/aromatic N) is 2. The Kier molecular flexibility index (Phi) is 9.07. The van der Waals surface area contributed by atoms with Gasteiger partial charge in [0.25, 0.3) is 0 Å². The number of thiophene rings is 1. The van der Waals surface area contributed by atoms with E-state index in [1.807, 2.05) is 11.3 Å². The van der Waals surface area contributed by atoms with E-state index in [0.717, 1.165) is 28.4 Å². The molecule has 10 aromatic carbocycles. The van der Waals surface area contributed by atoms with E-state index in [0.29, 0.717) is 0 Å². The first-order chi connectivity index (χ1) is 29.9. The lowest BCUT2D eigenvalue weighted by atomic mass is 9.94. The maximum atomic E-state index is 2.42. The first-order valence-corrected chi connectivity index (χ1v) is 25.4. The van der Waals surface area contributed by atoms with Crippen LogP contribution in [0.15, 0.2) is 212 Å². The van der Waals surface area contributed by atoms with Gasteiger partial charge in [-0.05, 0) is 105 Å². The van der Waals surface area contributed by atoms with Crippen LogP contribution in [0.4, 0.5) is 34.1 Å². The Morgan fingerprint density at radius 2 is 0.885 bits per heavy atom. The third-order valence-electron chi connectivity index (χ3n) is 12.2. The van der Waals surface area contributed by atoms with Gasteiger partial charge >= 0.3 is 0 Å². The second-order valence-electron chi connectivity index (χ2n) is 16.9. The molecular formula is C57H44N2SSi. The molecule has 0 aliphatic carbocycles. The lowest BCUT2D eigenvalue weighted by molar-refractivity contribution is 1.29. The van der Waals surface area contributed by atoms with Gasteiger partial charge in [0.05, 0.1) is 13.8 Å². The summed E-state index contributed by atoms with van der Waals surface area (Å²) in [5, 5.41) is 11.7. The Bertz CT molecular complexity index is 3350. The van der Waals surface area contributed by atoms with Gasteiger partial charge in [-0.2, -0.15) is 0 Å².